The summed E-state index contributed by atoms with van der Waals surface area (Å²) >= 11 is 0. The van der Waals surface area contributed by atoms with Gasteiger partial charge in [-0.15, -0.1) is 0 Å². The van der Waals surface area contributed by atoms with Crippen LogP contribution >= 0.6 is 0 Å². The number of rotatable bonds is 6. The number of nitrogens with one attached hydrogen (secondary N) is 1. The van der Waals surface area contributed by atoms with E-state index in [4.69, 9.17) is 9.47 Å². The Kier molecular flexibility index (Phi) is 5.71. The molecule has 6 heteroatoms. The topological polar surface area (TPSA) is 67.9 Å². The van der Waals surface area contributed by atoms with Gasteiger partial charge in [0.05, 0.1) is 18.9 Å². The van der Waals surface area contributed by atoms with Crippen molar-refractivity contribution in [3.8, 4) is 5.75 Å². The first-order valence-electron chi connectivity index (χ1n) is 6.99. The van der Waals surface area contributed by atoms with Crippen molar-refractivity contribution in [2.24, 2.45) is 0 Å². The molecular weight excluding hydrogens is 272 g/mol. The van der Waals surface area contributed by atoms with Crippen molar-refractivity contribution in [2.45, 2.75) is 6.92 Å². The van der Waals surface area contributed by atoms with Gasteiger partial charge in [-0.3, -0.25) is 14.5 Å². The second-order valence-corrected chi connectivity index (χ2v) is 4.86. The number of anilines is 1. The van der Waals surface area contributed by atoms with Gasteiger partial charge in [0.1, 0.15) is 18.6 Å². The van der Waals surface area contributed by atoms with Gasteiger partial charge in [-0.2, -0.15) is 0 Å². The van der Waals surface area contributed by atoms with Crippen LogP contribution in [-0.2, 0) is 9.53 Å². The summed E-state index contributed by atoms with van der Waals surface area (Å²) < 4.78 is 11.0. The largest absolute Gasteiger partial charge is 0.490 e. The molecule has 6 nitrogen and oxygen atoms in total. The first-order valence-corrected chi connectivity index (χ1v) is 6.99. The zero-order valence-electron chi connectivity index (χ0n) is 12.1. The summed E-state index contributed by atoms with van der Waals surface area (Å²) in [5.74, 6) is 0.375. The Morgan fingerprint density at radius 1 is 1.43 bits per heavy atom. The standard InChI is InChI=1S/C15H20N2O4/c1-12(19)16-14-10-13(11-18)2-3-15(14)21-9-6-17-4-7-20-8-5-17/h2-3,10-11H,4-9H2,1H3,(H,16,19). The highest BCUT2D eigenvalue weighted by atomic mass is 16.5. The number of morpholine rings is 1. The van der Waals surface area contributed by atoms with Gasteiger partial charge < -0.3 is 14.8 Å². The number of ether oxygens (including phenoxy) is 2. The molecule has 1 N–H and O–H groups in total. The van der Waals surface area contributed by atoms with Gasteiger partial charge in [-0.1, -0.05) is 0 Å². The molecule has 1 aliphatic rings. The van der Waals surface area contributed by atoms with Crippen LogP contribution in [0.4, 0.5) is 5.69 Å². The van der Waals surface area contributed by atoms with E-state index in [1.54, 1.807) is 18.2 Å². The smallest absolute Gasteiger partial charge is 0.221 e. The predicted molar refractivity (Wildman–Crippen MR) is 78.9 cm³/mol. The number of amides is 1. The molecule has 1 aliphatic heterocycles. The third-order valence-corrected chi connectivity index (χ3v) is 3.22. The SMILES string of the molecule is CC(=O)Nc1cc(C=O)ccc1OCCN1CCOCC1. The maximum atomic E-state index is 11.2. The van der Waals surface area contributed by atoms with Crippen molar-refractivity contribution in [3.05, 3.63) is 23.8 Å². The fourth-order valence-electron chi connectivity index (χ4n) is 2.14. The van der Waals surface area contributed by atoms with E-state index in [1.807, 2.05) is 0 Å². The number of hydrogen-bond acceptors (Lipinski definition) is 5. The molecule has 1 fully saturated rings. The molecule has 1 aromatic carbocycles. The maximum Gasteiger partial charge on any atom is 0.221 e. The van der Waals surface area contributed by atoms with Gasteiger partial charge in [-0.25, -0.2) is 0 Å². The van der Waals surface area contributed by atoms with Gasteiger partial charge in [-0.05, 0) is 18.2 Å². The van der Waals surface area contributed by atoms with Crippen LogP contribution < -0.4 is 10.1 Å². The Labute approximate surface area is 124 Å². The highest BCUT2D eigenvalue weighted by Crippen LogP contribution is 2.25. The summed E-state index contributed by atoms with van der Waals surface area (Å²) in [6.07, 6.45) is 0.739. The minimum Gasteiger partial charge on any atom is -0.490 e. The Balaban J connectivity index is 1.94. The number of nitrogens with zero attached hydrogens (tertiary/aromatic N) is 1. The summed E-state index contributed by atoms with van der Waals surface area (Å²) in [7, 11) is 0. The fraction of sp³-hybridized carbons (Fsp3) is 0.467. The number of carbonyl (C=O) groups is 2. The molecule has 0 aliphatic carbocycles. The average molecular weight is 292 g/mol. The molecule has 0 radical (unpaired) electrons. The van der Waals surface area contributed by atoms with E-state index in [-0.39, 0.29) is 5.91 Å². The first-order chi connectivity index (χ1) is 10.2. The predicted octanol–water partition coefficient (Wildman–Crippen LogP) is 1.17. The van der Waals surface area contributed by atoms with E-state index in [0.717, 1.165) is 39.1 Å². The Hall–Kier alpha value is -1.92. The third-order valence-electron chi connectivity index (χ3n) is 3.22. The van der Waals surface area contributed by atoms with Gasteiger partial charge in [0.15, 0.2) is 0 Å². The maximum absolute atomic E-state index is 11.2. The van der Waals surface area contributed by atoms with Crippen molar-refractivity contribution in [1.82, 2.24) is 4.90 Å². The number of hydrogen-bond donors (Lipinski definition) is 1. The van der Waals surface area contributed by atoms with E-state index in [0.29, 0.717) is 23.6 Å². The van der Waals surface area contributed by atoms with Crippen molar-refractivity contribution in [2.75, 3.05) is 44.8 Å². The summed E-state index contributed by atoms with van der Waals surface area (Å²) in [6, 6.07) is 4.98. The second kappa shape index (κ2) is 7.75. The molecule has 0 aromatic heterocycles. The number of aldehydes is 1. The molecule has 2 rings (SSSR count). The number of carbonyl (C=O) groups excluding carboxylic acids is 2. The highest BCUT2D eigenvalue weighted by Gasteiger charge is 2.11. The van der Waals surface area contributed by atoms with Gasteiger partial charge in [0.25, 0.3) is 0 Å². The van der Waals surface area contributed by atoms with Crippen molar-refractivity contribution >= 4 is 17.9 Å². The molecule has 0 unspecified atom stereocenters. The lowest BCUT2D eigenvalue weighted by atomic mass is 10.2. The molecule has 21 heavy (non-hydrogen) atoms. The zero-order valence-corrected chi connectivity index (χ0v) is 12.1. The summed E-state index contributed by atoms with van der Waals surface area (Å²) in [5.41, 5.74) is 1.02. The van der Waals surface area contributed by atoms with Crippen LogP contribution in [0.2, 0.25) is 0 Å². The van der Waals surface area contributed by atoms with Crippen LogP contribution in [-0.4, -0.2) is 56.5 Å². The van der Waals surface area contributed by atoms with Crippen LogP contribution in [0.25, 0.3) is 0 Å². The van der Waals surface area contributed by atoms with Crippen LogP contribution in [0.5, 0.6) is 5.75 Å². The molecule has 114 valence electrons. The molecule has 0 saturated carbocycles. The molecule has 1 amide bonds. The van der Waals surface area contributed by atoms with Crippen LogP contribution in [0.3, 0.4) is 0 Å². The molecule has 1 aromatic rings. The van der Waals surface area contributed by atoms with E-state index in [9.17, 15) is 9.59 Å². The van der Waals surface area contributed by atoms with E-state index >= 15 is 0 Å². The minimum absolute atomic E-state index is 0.198. The first kappa shape index (κ1) is 15.5. The monoisotopic (exact) mass is 292 g/mol. The molecular formula is C15H20N2O4. The minimum atomic E-state index is -0.198. The average Bonchev–Trinajstić information content (AvgIpc) is 2.49. The van der Waals surface area contributed by atoms with Crippen molar-refractivity contribution < 1.29 is 19.1 Å². The van der Waals surface area contributed by atoms with Crippen LogP contribution in [0.1, 0.15) is 17.3 Å². The van der Waals surface area contributed by atoms with E-state index in [2.05, 4.69) is 10.2 Å². The summed E-state index contributed by atoms with van der Waals surface area (Å²) in [6.45, 7) is 6.07. The second-order valence-electron chi connectivity index (χ2n) is 4.86. The van der Waals surface area contributed by atoms with Crippen molar-refractivity contribution in [3.63, 3.8) is 0 Å². The lowest BCUT2D eigenvalue weighted by molar-refractivity contribution is -0.114. The quantitative estimate of drug-likeness (QED) is 0.797. The lowest BCUT2D eigenvalue weighted by Gasteiger charge is -2.26. The molecule has 0 bridgehead atoms. The number of benzene rings is 1. The summed E-state index contributed by atoms with van der Waals surface area (Å²) in [5, 5.41) is 2.68. The van der Waals surface area contributed by atoms with E-state index in [1.165, 1.54) is 6.92 Å². The van der Waals surface area contributed by atoms with Gasteiger partial charge in [0, 0.05) is 32.1 Å². The van der Waals surface area contributed by atoms with Gasteiger partial charge in [0.2, 0.25) is 5.91 Å². The molecule has 1 heterocycles. The zero-order chi connectivity index (χ0) is 15.1. The Bertz CT molecular complexity index is 498. The van der Waals surface area contributed by atoms with Gasteiger partial charge >= 0.3 is 0 Å². The van der Waals surface area contributed by atoms with Crippen molar-refractivity contribution in [1.29, 1.82) is 0 Å². The fourth-order valence-corrected chi connectivity index (χ4v) is 2.14. The molecule has 1 saturated heterocycles. The normalized spacial score (nSPS) is 15.5. The third kappa shape index (κ3) is 4.84. The highest BCUT2D eigenvalue weighted by molar-refractivity contribution is 5.92. The Morgan fingerprint density at radius 2 is 2.19 bits per heavy atom. The lowest BCUT2D eigenvalue weighted by Crippen LogP contribution is -2.38. The molecule has 0 spiro atoms. The summed E-state index contributed by atoms with van der Waals surface area (Å²) in [4.78, 5) is 24.3. The van der Waals surface area contributed by atoms with Crippen LogP contribution in [0.15, 0.2) is 18.2 Å². The molecule has 0 atom stereocenters. The van der Waals surface area contributed by atoms with E-state index < -0.39 is 0 Å². The Morgan fingerprint density at radius 3 is 2.86 bits per heavy atom. The van der Waals surface area contributed by atoms with Crippen LogP contribution in [0, 0.1) is 0 Å².